The Bertz CT molecular complexity index is 478. The maximum absolute atomic E-state index is 12.1. The second-order valence-corrected chi connectivity index (χ2v) is 5.77. The zero-order valence-electron chi connectivity index (χ0n) is 10.1. The summed E-state index contributed by atoms with van der Waals surface area (Å²) in [5.41, 5.74) is 6.95. The van der Waals surface area contributed by atoms with Gasteiger partial charge in [0.2, 0.25) is 5.91 Å². The first kappa shape index (κ1) is 13.0. The van der Waals surface area contributed by atoms with Crippen molar-refractivity contribution in [2.24, 2.45) is 5.73 Å². The molecule has 0 saturated carbocycles. The van der Waals surface area contributed by atoms with Crippen molar-refractivity contribution in [1.29, 1.82) is 0 Å². The molecule has 3 unspecified atom stereocenters. The normalized spacial score (nSPS) is 23.7. The maximum atomic E-state index is 12.1. The van der Waals surface area contributed by atoms with Crippen LogP contribution < -0.4 is 15.8 Å². The van der Waals surface area contributed by atoms with E-state index in [1.54, 1.807) is 0 Å². The van der Waals surface area contributed by atoms with E-state index in [9.17, 15) is 9.00 Å². The molecular formula is C12H16N2O3S. The van der Waals surface area contributed by atoms with Crippen LogP contribution in [0.15, 0.2) is 24.3 Å². The highest BCUT2D eigenvalue weighted by Crippen LogP contribution is 2.32. The second kappa shape index (κ2) is 5.49. The molecule has 2 rings (SSSR count). The van der Waals surface area contributed by atoms with Crippen molar-refractivity contribution in [1.82, 2.24) is 5.32 Å². The summed E-state index contributed by atoms with van der Waals surface area (Å²) in [5.74, 6) is 0.443. The number of carbonyl (C=O) groups excluding carboxylic acids is 1. The van der Waals surface area contributed by atoms with Crippen LogP contribution in [0.4, 0.5) is 0 Å². The van der Waals surface area contributed by atoms with Crippen LogP contribution >= 0.6 is 0 Å². The number of amides is 1. The van der Waals surface area contributed by atoms with Gasteiger partial charge in [-0.05, 0) is 6.07 Å². The summed E-state index contributed by atoms with van der Waals surface area (Å²) in [7, 11) is 0.184. The lowest BCUT2D eigenvalue weighted by molar-refractivity contribution is -0.118. The van der Waals surface area contributed by atoms with E-state index in [1.807, 2.05) is 24.3 Å². The van der Waals surface area contributed by atoms with Gasteiger partial charge in [-0.15, -0.1) is 0 Å². The lowest BCUT2D eigenvalue weighted by Crippen LogP contribution is -2.41. The summed E-state index contributed by atoms with van der Waals surface area (Å²) in [5, 5.41) is 2.11. The van der Waals surface area contributed by atoms with Gasteiger partial charge in [-0.3, -0.25) is 9.00 Å². The number of benzene rings is 1. The molecule has 3 N–H and O–H groups in total. The van der Waals surface area contributed by atoms with Crippen LogP contribution in [0.1, 0.15) is 11.6 Å². The quantitative estimate of drug-likeness (QED) is 0.805. The Labute approximate surface area is 108 Å². The van der Waals surface area contributed by atoms with Gasteiger partial charge in [-0.25, -0.2) is 0 Å². The molecule has 1 amide bonds. The zero-order valence-corrected chi connectivity index (χ0v) is 10.9. The van der Waals surface area contributed by atoms with Crippen LogP contribution in [0, 0.1) is 0 Å². The van der Waals surface area contributed by atoms with Crippen molar-refractivity contribution in [3.63, 3.8) is 0 Å². The summed E-state index contributed by atoms with van der Waals surface area (Å²) in [6, 6.07) is 7.08. The van der Waals surface area contributed by atoms with E-state index in [1.165, 1.54) is 7.05 Å². The minimum Gasteiger partial charge on any atom is -0.492 e. The molecule has 1 heterocycles. The summed E-state index contributed by atoms with van der Waals surface area (Å²) in [4.78, 5) is 11.2. The van der Waals surface area contributed by atoms with E-state index >= 15 is 0 Å². The third kappa shape index (κ3) is 2.54. The molecule has 1 aliphatic heterocycles. The first-order valence-corrected chi connectivity index (χ1v) is 7.06. The van der Waals surface area contributed by atoms with Gasteiger partial charge in [0.1, 0.15) is 18.1 Å². The Morgan fingerprint density at radius 1 is 1.56 bits per heavy atom. The highest BCUT2D eigenvalue weighted by Gasteiger charge is 2.32. The van der Waals surface area contributed by atoms with Gasteiger partial charge in [0.25, 0.3) is 0 Å². The van der Waals surface area contributed by atoms with Gasteiger partial charge in [-0.1, -0.05) is 18.2 Å². The molecule has 0 bridgehead atoms. The third-order valence-electron chi connectivity index (χ3n) is 2.97. The molecule has 18 heavy (non-hydrogen) atoms. The van der Waals surface area contributed by atoms with Gasteiger partial charge >= 0.3 is 0 Å². The van der Waals surface area contributed by atoms with Crippen molar-refractivity contribution in [2.75, 3.05) is 19.4 Å². The van der Waals surface area contributed by atoms with Crippen LogP contribution in [0.2, 0.25) is 0 Å². The molecule has 0 saturated heterocycles. The number of nitrogens with one attached hydrogen (secondary N) is 1. The summed E-state index contributed by atoms with van der Waals surface area (Å²) in [6.45, 7) is 0.280. The van der Waals surface area contributed by atoms with Crippen molar-refractivity contribution >= 4 is 16.7 Å². The van der Waals surface area contributed by atoms with E-state index in [4.69, 9.17) is 10.5 Å². The summed E-state index contributed by atoms with van der Waals surface area (Å²) in [6.07, 6.45) is 0. The number of carbonyl (C=O) groups is 1. The van der Waals surface area contributed by atoms with Crippen LogP contribution in [0.5, 0.6) is 5.75 Å². The largest absolute Gasteiger partial charge is 0.492 e. The predicted molar refractivity (Wildman–Crippen MR) is 69.7 cm³/mol. The van der Waals surface area contributed by atoms with Crippen molar-refractivity contribution in [2.45, 2.75) is 11.3 Å². The third-order valence-corrected chi connectivity index (χ3v) is 4.62. The number of rotatable bonds is 3. The number of para-hydroxylation sites is 1. The number of fused-ring (bicyclic) bond motifs is 1. The Morgan fingerprint density at radius 2 is 2.28 bits per heavy atom. The minimum absolute atomic E-state index is 0.0413. The van der Waals surface area contributed by atoms with Gasteiger partial charge in [0, 0.05) is 23.4 Å². The average molecular weight is 268 g/mol. The lowest BCUT2D eigenvalue weighted by atomic mass is 10.0. The highest BCUT2D eigenvalue weighted by atomic mass is 32.2. The maximum Gasteiger partial charge on any atom is 0.232 e. The Balaban J connectivity index is 2.14. The van der Waals surface area contributed by atoms with Gasteiger partial charge in [0.05, 0.1) is 11.3 Å². The number of hydrogen-bond acceptors (Lipinski definition) is 4. The molecular weight excluding hydrogens is 252 g/mol. The SMILES string of the molecule is CNC(=O)CS(=O)C1COc2ccccc2C1N. The Kier molecular flexibility index (Phi) is 3.98. The Morgan fingerprint density at radius 3 is 3.00 bits per heavy atom. The van der Waals surface area contributed by atoms with Gasteiger partial charge < -0.3 is 15.8 Å². The van der Waals surface area contributed by atoms with E-state index in [0.717, 1.165) is 11.3 Å². The zero-order chi connectivity index (χ0) is 13.1. The first-order valence-electron chi connectivity index (χ1n) is 5.68. The summed E-state index contributed by atoms with van der Waals surface area (Å²) >= 11 is 0. The van der Waals surface area contributed by atoms with Crippen molar-refractivity contribution in [3.05, 3.63) is 29.8 Å². The molecule has 5 nitrogen and oxygen atoms in total. The minimum atomic E-state index is -1.34. The number of hydrogen-bond donors (Lipinski definition) is 2. The molecule has 1 aromatic rings. The molecule has 0 radical (unpaired) electrons. The van der Waals surface area contributed by atoms with Crippen LogP contribution in [-0.2, 0) is 15.6 Å². The fourth-order valence-corrected chi connectivity index (χ4v) is 3.22. The fourth-order valence-electron chi connectivity index (χ4n) is 1.91. The molecule has 0 spiro atoms. The Hall–Kier alpha value is -1.40. The smallest absolute Gasteiger partial charge is 0.232 e. The van der Waals surface area contributed by atoms with E-state index in [0.29, 0.717) is 0 Å². The number of ether oxygens (including phenoxy) is 1. The molecule has 98 valence electrons. The van der Waals surface area contributed by atoms with Gasteiger partial charge in [-0.2, -0.15) is 0 Å². The highest BCUT2D eigenvalue weighted by molar-refractivity contribution is 7.86. The average Bonchev–Trinajstić information content (AvgIpc) is 2.39. The van der Waals surface area contributed by atoms with E-state index in [2.05, 4.69) is 5.32 Å². The fraction of sp³-hybridized carbons (Fsp3) is 0.417. The van der Waals surface area contributed by atoms with Crippen LogP contribution in [0.25, 0.3) is 0 Å². The monoisotopic (exact) mass is 268 g/mol. The van der Waals surface area contributed by atoms with Crippen molar-refractivity contribution in [3.8, 4) is 5.75 Å². The van der Waals surface area contributed by atoms with E-state index in [-0.39, 0.29) is 29.6 Å². The predicted octanol–water partition coefficient (Wildman–Crippen LogP) is -0.0579. The molecule has 0 fully saturated rings. The number of nitrogens with two attached hydrogens (primary N) is 1. The molecule has 0 aromatic heterocycles. The molecule has 1 aromatic carbocycles. The summed E-state index contributed by atoms with van der Waals surface area (Å²) < 4.78 is 17.6. The first-order chi connectivity index (χ1) is 8.63. The van der Waals surface area contributed by atoms with E-state index < -0.39 is 10.8 Å². The molecule has 3 atom stereocenters. The van der Waals surface area contributed by atoms with Gasteiger partial charge in [0.15, 0.2) is 0 Å². The second-order valence-electron chi connectivity index (χ2n) is 4.11. The molecule has 1 aliphatic rings. The molecule has 0 aliphatic carbocycles. The molecule has 6 heteroatoms. The topological polar surface area (TPSA) is 81.4 Å². The van der Waals surface area contributed by atoms with Crippen LogP contribution in [0.3, 0.4) is 0 Å². The van der Waals surface area contributed by atoms with Crippen molar-refractivity contribution < 1.29 is 13.7 Å². The van der Waals surface area contributed by atoms with Crippen LogP contribution in [-0.4, -0.2) is 34.8 Å². The standard InChI is InChI=1S/C12H16N2O3S/c1-14-11(15)7-18(16)10-6-17-9-5-3-2-4-8(9)12(10)13/h2-5,10,12H,6-7,13H2,1H3,(H,14,15). The lowest BCUT2D eigenvalue weighted by Gasteiger charge is -2.30.